The van der Waals surface area contributed by atoms with Crippen molar-refractivity contribution in [2.24, 2.45) is 5.92 Å². The zero-order valence-electron chi connectivity index (χ0n) is 7.31. The molecule has 0 spiro atoms. The molecule has 0 saturated heterocycles. The third-order valence-corrected chi connectivity index (χ3v) is 2.61. The van der Waals surface area contributed by atoms with E-state index < -0.39 is 5.97 Å². The molecule has 4 heteroatoms. The molecule has 2 rings (SSSR count). The number of nitrogens with zero attached hydrogens (tertiary/aromatic N) is 2. The van der Waals surface area contributed by atoms with E-state index in [4.69, 9.17) is 5.11 Å². The highest BCUT2D eigenvalue weighted by Crippen LogP contribution is 2.28. The Morgan fingerprint density at radius 1 is 1.69 bits per heavy atom. The lowest BCUT2D eigenvalue weighted by Gasteiger charge is -2.25. The van der Waals surface area contributed by atoms with Gasteiger partial charge in [-0.3, -0.25) is 0 Å². The molecule has 13 heavy (non-hydrogen) atoms. The SMILES string of the molecule is O=C(O)c1cncn1CC1CCC1. The Balaban J connectivity index is 2.09. The molecule has 1 saturated carbocycles. The van der Waals surface area contributed by atoms with Crippen LogP contribution in [0, 0.1) is 5.92 Å². The van der Waals surface area contributed by atoms with Crippen LogP contribution in [-0.2, 0) is 6.54 Å². The van der Waals surface area contributed by atoms with E-state index in [1.165, 1.54) is 25.5 Å². The summed E-state index contributed by atoms with van der Waals surface area (Å²) in [5, 5.41) is 8.80. The third kappa shape index (κ3) is 1.56. The monoisotopic (exact) mass is 180 g/mol. The van der Waals surface area contributed by atoms with E-state index in [0.29, 0.717) is 11.6 Å². The summed E-state index contributed by atoms with van der Waals surface area (Å²) in [5.74, 6) is -0.232. The summed E-state index contributed by atoms with van der Waals surface area (Å²) in [6.07, 6.45) is 6.72. The average Bonchev–Trinajstić information content (AvgIpc) is 2.44. The first-order valence-corrected chi connectivity index (χ1v) is 4.51. The first-order chi connectivity index (χ1) is 6.27. The molecular formula is C9H12N2O2. The highest BCUT2D eigenvalue weighted by molar-refractivity contribution is 5.85. The predicted octanol–water partition coefficient (Wildman–Crippen LogP) is 1.38. The van der Waals surface area contributed by atoms with Crippen molar-refractivity contribution in [3.05, 3.63) is 18.2 Å². The van der Waals surface area contributed by atoms with Crippen LogP contribution >= 0.6 is 0 Å². The zero-order chi connectivity index (χ0) is 9.26. The van der Waals surface area contributed by atoms with Crippen molar-refractivity contribution in [3.63, 3.8) is 0 Å². The number of rotatable bonds is 3. The van der Waals surface area contributed by atoms with E-state index in [1.807, 2.05) is 0 Å². The quantitative estimate of drug-likeness (QED) is 0.764. The number of aromatic carboxylic acids is 1. The van der Waals surface area contributed by atoms with Gasteiger partial charge in [0, 0.05) is 6.54 Å². The normalized spacial score (nSPS) is 16.9. The van der Waals surface area contributed by atoms with Crippen molar-refractivity contribution in [1.29, 1.82) is 0 Å². The molecule has 1 aromatic rings. The van der Waals surface area contributed by atoms with Gasteiger partial charge < -0.3 is 9.67 Å². The lowest BCUT2D eigenvalue weighted by Crippen LogP contribution is -2.20. The van der Waals surface area contributed by atoms with E-state index in [2.05, 4.69) is 4.98 Å². The lowest BCUT2D eigenvalue weighted by molar-refractivity contribution is 0.0682. The topological polar surface area (TPSA) is 55.1 Å². The van der Waals surface area contributed by atoms with Gasteiger partial charge >= 0.3 is 5.97 Å². The molecule has 1 aromatic heterocycles. The first-order valence-electron chi connectivity index (χ1n) is 4.51. The summed E-state index contributed by atoms with van der Waals surface area (Å²) in [4.78, 5) is 14.5. The van der Waals surface area contributed by atoms with Crippen molar-refractivity contribution < 1.29 is 9.90 Å². The number of carboxylic acid groups (broad SMARTS) is 1. The Morgan fingerprint density at radius 2 is 2.46 bits per heavy atom. The molecule has 0 atom stereocenters. The minimum absolute atomic E-state index is 0.298. The molecule has 0 aliphatic heterocycles. The number of carbonyl (C=O) groups is 1. The molecule has 70 valence electrons. The molecule has 1 N–H and O–H groups in total. The molecule has 1 fully saturated rings. The van der Waals surface area contributed by atoms with Crippen molar-refractivity contribution in [1.82, 2.24) is 9.55 Å². The van der Waals surface area contributed by atoms with E-state index >= 15 is 0 Å². The van der Waals surface area contributed by atoms with Crippen LogP contribution in [0.3, 0.4) is 0 Å². The van der Waals surface area contributed by atoms with E-state index in [0.717, 1.165) is 6.54 Å². The molecule has 0 aromatic carbocycles. The van der Waals surface area contributed by atoms with E-state index in [1.54, 1.807) is 10.9 Å². The summed E-state index contributed by atoms with van der Waals surface area (Å²) in [7, 11) is 0. The number of hydrogen-bond acceptors (Lipinski definition) is 2. The van der Waals surface area contributed by atoms with Gasteiger partial charge in [0.15, 0.2) is 0 Å². The molecule has 0 bridgehead atoms. The minimum Gasteiger partial charge on any atom is -0.477 e. The van der Waals surface area contributed by atoms with Crippen LogP contribution in [0.4, 0.5) is 0 Å². The largest absolute Gasteiger partial charge is 0.477 e. The van der Waals surface area contributed by atoms with Crippen LogP contribution in [0.5, 0.6) is 0 Å². The molecule has 0 unspecified atom stereocenters. The van der Waals surface area contributed by atoms with Gasteiger partial charge in [0.25, 0.3) is 0 Å². The average molecular weight is 180 g/mol. The second kappa shape index (κ2) is 3.20. The van der Waals surface area contributed by atoms with Gasteiger partial charge in [-0.05, 0) is 18.8 Å². The Morgan fingerprint density at radius 3 is 3.00 bits per heavy atom. The standard InChI is InChI=1S/C9H12N2O2/c12-9(13)8-4-10-6-11(8)5-7-2-1-3-7/h4,6-7H,1-3,5H2,(H,12,13). The highest BCUT2D eigenvalue weighted by Gasteiger charge is 2.20. The van der Waals surface area contributed by atoms with Crippen molar-refractivity contribution in [3.8, 4) is 0 Å². The minimum atomic E-state index is -0.892. The summed E-state index contributed by atoms with van der Waals surface area (Å²) < 4.78 is 1.73. The second-order valence-corrected chi connectivity index (χ2v) is 3.53. The van der Waals surface area contributed by atoms with Crippen molar-refractivity contribution in [2.75, 3.05) is 0 Å². The van der Waals surface area contributed by atoms with Crippen LogP contribution in [-0.4, -0.2) is 20.6 Å². The first kappa shape index (κ1) is 8.29. The fraction of sp³-hybridized carbons (Fsp3) is 0.556. The molecule has 0 amide bonds. The predicted molar refractivity (Wildman–Crippen MR) is 46.5 cm³/mol. The highest BCUT2D eigenvalue weighted by atomic mass is 16.4. The van der Waals surface area contributed by atoms with Gasteiger partial charge in [0.05, 0.1) is 12.5 Å². The molecule has 1 aliphatic carbocycles. The molecular weight excluding hydrogens is 168 g/mol. The maximum absolute atomic E-state index is 10.7. The van der Waals surface area contributed by atoms with Crippen LogP contribution in [0.15, 0.2) is 12.5 Å². The van der Waals surface area contributed by atoms with Gasteiger partial charge in [0.2, 0.25) is 0 Å². The van der Waals surface area contributed by atoms with Crippen molar-refractivity contribution >= 4 is 5.97 Å². The number of aromatic nitrogens is 2. The van der Waals surface area contributed by atoms with Crippen LogP contribution < -0.4 is 0 Å². The van der Waals surface area contributed by atoms with Crippen molar-refractivity contribution in [2.45, 2.75) is 25.8 Å². The van der Waals surface area contributed by atoms with E-state index in [9.17, 15) is 4.79 Å². The maximum atomic E-state index is 10.7. The summed E-state index contributed by atoms with van der Waals surface area (Å²) in [6.45, 7) is 0.807. The van der Waals surface area contributed by atoms with E-state index in [-0.39, 0.29) is 0 Å². The summed E-state index contributed by atoms with van der Waals surface area (Å²) >= 11 is 0. The van der Waals surface area contributed by atoms with Gasteiger partial charge in [-0.2, -0.15) is 0 Å². The smallest absolute Gasteiger partial charge is 0.354 e. The van der Waals surface area contributed by atoms with Gasteiger partial charge in [-0.1, -0.05) is 6.42 Å². The molecule has 1 aliphatic rings. The number of imidazole rings is 1. The number of hydrogen-bond donors (Lipinski definition) is 1. The number of carboxylic acids is 1. The molecule has 1 heterocycles. The molecule has 4 nitrogen and oxygen atoms in total. The Kier molecular flexibility index (Phi) is 2.04. The van der Waals surface area contributed by atoms with Gasteiger partial charge in [-0.25, -0.2) is 9.78 Å². The van der Waals surface area contributed by atoms with Crippen LogP contribution in [0.25, 0.3) is 0 Å². The second-order valence-electron chi connectivity index (χ2n) is 3.53. The third-order valence-electron chi connectivity index (χ3n) is 2.61. The van der Waals surface area contributed by atoms with Gasteiger partial charge in [0.1, 0.15) is 5.69 Å². The maximum Gasteiger partial charge on any atom is 0.354 e. The Labute approximate surface area is 76.2 Å². The lowest BCUT2D eigenvalue weighted by atomic mass is 9.85. The Bertz CT molecular complexity index is 315. The summed E-state index contributed by atoms with van der Waals surface area (Å²) in [5.41, 5.74) is 0.298. The zero-order valence-corrected chi connectivity index (χ0v) is 7.31. The van der Waals surface area contributed by atoms with Crippen LogP contribution in [0.2, 0.25) is 0 Å². The molecule has 0 radical (unpaired) electrons. The van der Waals surface area contributed by atoms with Gasteiger partial charge in [-0.15, -0.1) is 0 Å². The fourth-order valence-corrected chi connectivity index (χ4v) is 1.60. The summed E-state index contributed by atoms with van der Waals surface area (Å²) in [6, 6.07) is 0. The fourth-order valence-electron chi connectivity index (χ4n) is 1.60. The Hall–Kier alpha value is -1.32. The van der Waals surface area contributed by atoms with Crippen LogP contribution in [0.1, 0.15) is 29.8 Å².